The number of H-pyrrole nitrogens is 2. The van der Waals surface area contributed by atoms with E-state index in [1.54, 1.807) is 6.20 Å². The Kier molecular flexibility index (Phi) is 4.63. The molecule has 0 radical (unpaired) electrons. The van der Waals surface area contributed by atoms with Crippen molar-refractivity contribution >= 4 is 28.5 Å². The molecule has 0 fully saturated rings. The molecule has 0 aliphatic heterocycles. The Bertz CT molecular complexity index is 1050. The van der Waals surface area contributed by atoms with Crippen LogP contribution >= 0.6 is 11.6 Å². The smallest absolute Gasteiger partial charge is 0.253 e. The number of allylic oxidation sites excluding steroid dienone is 3. The number of anilines is 1. The zero-order valence-electron chi connectivity index (χ0n) is 14.1. The second-order valence-electron chi connectivity index (χ2n) is 6.44. The van der Waals surface area contributed by atoms with E-state index in [0.717, 1.165) is 46.0 Å². The maximum Gasteiger partial charge on any atom is 0.253 e. The molecule has 4 rings (SSSR count). The SMILES string of the molecule is O=c1[nH]c(NCC2C=CC(Cl)=CC2)ccc1Cc1c[nH]c2ncccc12. The molecule has 0 saturated heterocycles. The Morgan fingerprint density at radius 3 is 3.00 bits per heavy atom. The van der Waals surface area contributed by atoms with Gasteiger partial charge < -0.3 is 15.3 Å². The van der Waals surface area contributed by atoms with Crippen LogP contribution in [-0.2, 0) is 6.42 Å². The first kappa shape index (κ1) is 16.7. The second kappa shape index (κ2) is 7.22. The van der Waals surface area contributed by atoms with E-state index in [1.165, 1.54) is 0 Å². The van der Waals surface area contributed by atoms with Gasteiger partial charge in [-0.3, -0.25) is 4.79 Å². The summed E-state index contributed by atoms with van der Waals surface area (Å²) in [5.74, 6) is 1.10. The van der Waals surface area contributed by atoms with E-state index >= 15 is 0 Å². The van der Waals surface area contributed by atoms with Gasteiger partial charge in [0.15, 0.2) is 0 Å². The molecule has 3 N–H and O–H groups in total. The molecule has 3 heterocycles. The third-order valence-electron chi connectivity index (χ3n) is 4.61. The van der Waals surface area contributed by atoms with E-state index in [-0.39, 0.29) is 5.56 Å². The third kappa shape index (κ3) is 3.58. The van der Waals surface area contributed by atoms with E-state index in [1.807, 2.05) is 42.6 Å². The van der Waals surface area contributed by atoms with Crippen molar-refractivity contribution in [1.82, 2.24) is 15.0 Å². The number of nitrogens with zero attached hydrogens (tertiary/aromatic N) is 1. The lowest BCUT2D eigenvalue weighted by molar-refractivity contribution is 0.689. The lowest BCUT2D eigenvalue weighted by atomic mass is 10.0. The van der Waals surface area contributed by atoms with Gasteiger partial charge >= 0.3 is 0 Å². The lowest BCUT2D eigenvalue weighted by Gasteiger charge is -2.15. The minimum Gasteiger partial charge on any atom is -0.371 e. The average Bonchev–Trinajstić information content (AvgIpc) is 3.06. The highest BCUT2D eigenvalue weighted by Gasteiger charge is 2.10. The van der Waals surface area contributed by atoms with Gasteiger partial charge in [-0.05, 0) is 48.2 Å². The average molecular weight is 367 g/mol. The predicted molar refractivity (Wildman–Crippen MR) is 106 cm³/mol. The van der Waals surface area contributed by atoms with E-state index < -0.39 is 0 Å². The summed E-state index contributed by atoms with van der Waals surface area (Å²) in [6, 6.07) is 7.71. The van der Waals surface area contributed by atoms with Gasteiger partial charge in [-0.1, -0.05) is 23.8 Å². The van der Waals surface area contributed by atoms with Gasteiger partial charge in [0.25, 0.3) is 5.56 Å². The summed E-state index contributed by atoms with van der Waals surface area (Å²) in [6.45, 7) is 0.751. The molecule has 3 aromatic heterocycles. The van der Waals surface area contributed by atoms with Crippen molar-refractivity contribution in [3.05, 3.63) is 81.4 Å². The lowest BCUT2D eigenvalue weighted by Crippen LogP contribution is -2.18. The molecule has 1 aliphatic rings. The number of halogens is 1. The Hall–Kier alpha value is -2.79. The molecule has 0 spiro atoms. The maximum atomic E-state index is 12.4. The standard InChI is InChI=1S/C20H19ClN4O/c21-16-6-3-13(4-7-16)11-23-18-8-5-14(20(26)25-18)10-15-12-24-19-17(15)2-1-9-22-19/h1-3,5-9,12-13H,4,10-11H2,(H,22,24)(H2,23,25,26). The van der Waals surface area contributed by atoms with Crippen LogP contribution in [0.25, 0.3) is 11.0 Å². The van der Waals surface area contributed by atoms with Gasteiger partial charge in [0.1, 0.15) is 11.5 Å². The van der Waals surface area contributed by atoms with Crippen molar-refractivity contribution in [3.8, 4) is 0 Å². The number of hydrogen-bond acceptors (Lipinski definition) is 3. The molecular weight excluding hydrogens is 348 g/mol. The van der Waals surface area contributed by atoms with Crippen LogP contribution in [0, 0.1) is 5.92 Å². The Labute approximate surface area is 155 Å². The molecule has 0 aromatic carbocycles. The Balaban J connectivity index is 1.44. The number of nitrogens with one attached hydrogen (secondary N) is 3. The van der Waals surface area contributed by atoms with E-state index in [2.05, 4.69) is 26.3 Å². The number of pyridine rings is 2. The van der Waals surface area contributed by atoms with E-state index in [0.29, 0.717) is 12.3 Å². The minimum absolute atomic E-state index is 0.0737. The van der Waals surface area contributed by atoms with E-state index in [4.69, 9.17) is 11.6 Å². The molecule has 5 nitrogen and oxygen atoms in total. The summed E-state index contributed by atoms with van der Waals surface area (Å²) in [4.78, 5) is 22.8. The number of hydrogen-bond donors (Lipinski definition) is 3. The van der Waals surface area contributed by atoms with Crippen molar-refractivity contribution in [3.63, 3.8) is 0 Å². The number of fused-ring (bicyclic) bond motifs is 1. The van der Waals surface area contributed by atoms with Crippen LogP contribution < -0.4 is 10.9 Å². The van der Waals surface area contributed by atoms with Crippen LogP contribution in [0.3, 0.4) is 0 Å². The Morgan fingerprint density at radius 1 is 1.27 bits per heavy atom. The Morgan fingerprint density at radius 2 is 2.19 bits per heavy atom. The van der Waals surface area contributed by atoms with Crippen LogP contribution in [-0.4, -0.2) is 21.5 Å². The molecule has 0 bridgehead atoms. The maximum absolute atomic E-state index is 12.4. The van der Waals surface area contributed by atoms with Crippen LogP contribution in [0.15, 0.2) is 64.7 Å². The molecule has 26 heavy (non-hydrogen) atoms. The molecule has 6 heteroatoms. The predicted octanol–water partition coefficient (Wildman–Crippen LogP) is 3.95. The van der Waals surface area contributed by atoms with Crippen molar-refractivity contribution in [2.75, 3.05) is 11.9 Å². The molecule has 1 aliphatic carbocycles. The third-order valence-corrected chi connectivity index (χ3v) is 4.89. The van der Waals surface area contributed by atoms with Crippen LogP contribution in [0.1, 0.15) is 17.5 Å². The number of rotatable bonds is 5. The summed E-state index contributed by atoms with van der Waals surface area (Å²) >= 11 is 5.93. The number of aromatic nitrogens is 3. The van der Waals surface area contributed by atoms with Gasteiger partial charge in [0, 0.05) is 41.3 Å². The van der Waals surface area contributed by atoms with Crippen LogP contribution in [0.5, 0.6) is 0 Å². The van der Waals surface area contributed by atoms with Gasteiger partial charge in [0.05, 0.1) is 0 Å². The summed E-state index contributed by atoms with van der Waals surface area (Å²) in [6.07, 6.45) is 11.1. The van der Waals surface area contributed by atoms with Gasteiger partial charge in [-0.2, -0.15) is 0 Å². The first-order chi connectivity index (χ1) is 12.7. The minimum atomic E-state index is -0.0737. The summed E-state index contributed by atoms with van der Waals surface area (Å²) < 4.78 is 0. The zero-order valence-corrected chi connectivity index (χ0v) is 14.9. The first-order valence-corrected chi connectivity index (χ1v) is 8.98. The molecular formula is C20H19ClN4O. The largest absolute Gasteiger partial charge is 0.371 e. The molecule has 1 atom stereocenters. The monoisotopic (exact) mass is 366 g/mol. The van der Waals surface area contributed by atoms with Gasteiger partial charge in [-0.15, -0.1) is 0 Å². The highest BCUT2D eigenvalue weighted by molar-refractivity contribution is 6.31. The summed E-state index contributed by atoms with van der Waals surface area (Å²) in [5.41, 5.74) is 2.56. The highest BCUT2D eigenvalue weighted by atomic mass is 35.5. The quantitative estimate of drug-likeness (QED) is 0.640. The van der Waals surface area contributed by atoms with Crippen LogP contribution in [0.2, 0.25) is 0 Å². The fourth-order valence-electron chi connectivity index (χ4n) is 3.14. The normalized spacial score (nSPS) is 16.7. The number of aromatic amines is 2. The summed E-state index contributed by atoms with van der Waals surface area (Å²) in [7, 11) is 0. The fraction of sp³-hybridized carbons (Fsp3) is 0.200. The second-order valence-corrected chi connectivity index (χ2v) is 6.88. The van der Waals surface area contributed by atoms with Crippen LogP contribution in [0.4, 0.5) is 5.82 Å². The van der Waals surface area contributed by atoms with Crippen molar-refractivity contribution < 1.29 is 0 Å². The van der Waals surface area contributed by atoms with Crippen molar-refractivity contribution in [2.45, 2.75) is 12.8 Å². The van der Waals surface area contributed by atoms with Crippen molar-refractivity contribution in [2.24, 2.45) is 5.92 Å². The van der Waals surface area contributed by atoms with E-state index in [9.17, 15) is 4.79 Å². The molecule has 1 unspecified atom stereocenters. The van der Waals surface area contributed by atoms with Gasteiger partial charge in [-0.25, -0.2) is 4.98 Å². The zero-order chi connectivity index (χ0) is 17.9. The van der Waals surface area contributed by atoms with Crippen molar-refractivity contribution in [1.29, 1.82) is 0 Å². The molecule has 0 saturated carbocycles. The fourth-order valence-corrected chi connectivity index (χ4v) is 3.30. The molecule has 0 amide bonds. The summed E-state index contributed by atoms with van der Waals surface area (Å²) in [5, 5.41) is 5.12. The topological polar surface area (TPSA) is 73.6 Å². The highest BCUT2D eigenvalue weighted by Crippen LogP contribution is 2.20. The van der Waals surface area contributed by atoms with Gasteiger partial charge in [0.2, 0.25) is 0 Å². The molecule has 132 valence electrons. The first-order valence-electron chi connectivity index (χ1n) is 8.60. The molecule has 3 aromatic rings.